The molecule has 2 saturated heterocycles. The zero-order valence-corrected chi connectivity index (χ0v) is 18.0. The van der Waals surface area contributed by atoms with E-state index in [0.717, 1.165) is 30.0 Å². The Morgan fingerprint density at radius 2 is 1.69 bits per heavy atom. The molecule has 0 unspecified atom stereocenters. The van der Waals surface area contributed by atoms with Crippen LogP contribution in [0.5, 0.6) is 0 Å². The second-order valence-electron chi connectivity index (χ2n) is 8.24. The minimum absolute atomic E-state index is 0.0186. The number of para-hydroxylation sites is 1. The number of carbonyl (C=O) groups excluding carboxylic acids is 2. The van der Waals surface area contributed by atoms with E-state index in [-0.39, 0.29) is 24.2 Å². The van der Waals surface area contributed by atoms with Gasteiger partial charge in [-0.2, -0.15) is 4.98 Å². The molecule has 2 aromatic carbocycles. The van der Waals surface area contributed by atoms with E-state index < -0.39 is 0 Å². The third-order valence-electron chi connectivity index (χ3n) is 6.15. The molecule has 2 aliphatic heterocycles. The Morgan fingerprint density at radius 3 is 2.34 bits per heavy atom. The highest BCUT2D eigenvalue weighted by Gasteiger charge is 2.37. The molecular weight excluding hydrogens is 406 g/mol. The van der Waals surface area contributed by atoms with Crippen LogP contribution in [0.4, 0.5) is 11.4 Å². The molecular formula is C24H25N5O3. The van der Waals surface area contributed by atoms with E-state index in [2.05, 4.69) is 15.0 Å². The summed E-state index contributed by atoms with van der Waals surface area (Å²) in [4.78, 5) is 35.7. The van der Waals surface area contributed by atoms with Crippen LogP contribution in [0.1, 0.15) is 12.3 Å². The van der Waals surface area contributed by atoms with Crippen molar-refractivity contribution in [1.29, 1.82) is 0 Å². The number of hydrogen-bond donors (Lipinski definition) is 0. The molecule has 0 spiro atoms. The first kappa shape index (κ1) is 20.2. The number of piperazine rings is 1. The average Bonchev–Trinajstić information content (AvgIpc) is 3.45. The van der Waals surface area contributed by atoms with Crippen molar-refractivity contribution in [1.82, 2.24) is 15.0 Å². The van der Waals surface area contributed by atoms with E-state index in [1.807, 2.05) is 59.5 Å². The number of amides is 2. The summed E-state index contributed by atoms with van der Waals surface area (Å²) in [6.45, 7) is 5.05. The predicted molar refractivity (Wildman–Crippen MR) is 120 cm³/mol. The van der Waals surface area contributed by atoms with E-state index in [1.165, 1.54) is 0 Å². The number of hydrogen-bond acceptors (Lipinski definition) is 6. The maximum Gasteiger partial charge on any atom is 0.228 e. The van der Waals surface area contributed by atoms with Crippen molar-refractivity contribution in [2.45, 2.75) is 13.3 Å². The monoisotopic (exact) mass is 431 g/mol. The molecule has 2 fully saturated rings. The quantitative estimate of drug-likeness (QED) is 0.632. The number of rotatable bonds is 4. The third kappa shape index (κ3) is 3.95. The summed E-state index contributed by atoms with van der Waals surface area (Å²) < 4.78 is 5.05. The van der Waals surface area contributed by atoms with Gasteiger partial charge in [-0.25, -0.2) is 0 Å². The highest BCUT2D eigenvalue weighted by Crippen LogP contribution is 2.27. The van der Waals surface area contributed by atoms with Gasteiger partial charge in [0, 0.05) is 63.0 Å². The lowest BCUT2D eigenvalue weighted by Gasteiger charge is -2.37. The number of benzene rings is 2. The van der Waals surface area contributed by atoms with Crippen molar-refractivity contribution >= 4 is 23.2 Å². The lowest BCUT2D eigenvalue weighted by molar-refractivity contribution is -0.136. The summed E-state index contributed by atoms with van der Waals surface area (Å²) in [6, 6.07) is 17.6. The predicted octanol–water partition coefficient (Wildman–Crippen LogP) is 2.75. The third-order valence-corrected chi connectivity index (χ3v) is 6.15. The Labute approximate surface area is 186 Å². The summed E-state index contributed by atoms with van der Waals surface area (Å²) in [6.07, 6.45) is 0.283. The summed E-state index contributed by atoms with van der Waals surface area (Å²) in [7, 11) is 0. The fraction of sp³-hybridized carbons (Fsp3) is 0.333. The van der Waals surface area contributed by atoms with Crippen LogP contribution in [0.15, 0.2) is 59.1 Å². The summed E-state index contributed by atoms with van der Waals surface area (Å²) >= 11 is 0. The molecule has 32 heavy (non-hydrogen) atoms. The fourth-order valence-electron chi connectivity index (χ4n) is 4.41. The maximum absolute atomic E-state index is 13.1. The number of aromatic nitrogens is 2. The molecule has 0 saturated carbocycles. The van der Waals surface area contributed by atoms with Crippen LogP contribution in [-0.4, -0.2) is 59.6 Å². The van der Waals surface area contributed by atoms with Crippen molar-refractivity contribution in [3.63, 3.8) is 0 Å². The smallest absolute Gasteiger partial charge is 0.228 e. The SMILES string of the molecule is Cc1nc(-c2ccc(N3CCN(C(=O)[C@@H]4CC(=O)N(c5ccccc5)C4)CC3)cc2)no1. The van der Waals surface area contributed by atoms with Crippen LogP contribution in [0.2, 0.25) is 0 Å². The fourth-order valence-corrected chi connectivity index (χ4v) is 4.41. The van der Waals surface area contributed by atoms with Crippen molar-refractivity contribution in [2.75, 3.05) is 42.5 Å². The van der Waals surface area contributed by atoms with Crippen LogP contribution in [0.25, 0.3) is 11.4 Å². The van der Waals surface area contributed by atoms with Crippen LogP contribution >= 0.6 is 0 Å². The second-order valence-corrected chi connectivity index (χ2v) is 8.24. The van der Waals surface area contributed by atoms with Gasteiger partial charge in [0.05, 0.1) is 5.92 Å². The van der Waals surface area contributed by atoms with Crippen molar-refractivity contribution < 1.29 is 14.1 Å². The first-order valence-electron chi connectivity index (χ1n) is 10.9. The van der Waals surface area contributed by atoms with E-state index >= 15 is 0 Å². The van der Waals surface area contributed by atoms with Gasteiger partial charge in [-0.05, 0) is 36.4 Å². The van der Waals surface area contributed by atoms with Crippen LogP contribution in [0.3, 0.4) is 0 Å². The minimum Gasteiger partial charge on any atom is -0.368 e. The zero-order chi connectivity index (χ0) is 22.1. The molecule has 0 radical (unpaired) electrons. The molecule has 3 aromatic rings. The number of nitrogens with zero attached hydrogens (tertiary/aromatic N) is 5. The number of anilines is 2. The Balaban J connectivity index is 1.18. The topological polar surface area (TPSA) is 82.8 Å². The Bertz CT molecular complexity index is 1100. The summed E-state index contributed by atoms with van der Waals surface area (Å²) in [5.41, 5.74) is 2.87. The molecule has 5 rings (SSSR count). The largest absolute Gasteiger partial charge is 0.368 e. The van der Waals surface area contributed by atoms with Gasteiger partial charge in [-0.1, -0.05) is 23.4 Å². The average molecular weight is 431 g/mol. The molecule has 8 heteroatoms. The Hall–Kier alpha value is -3.68. The maximum atomic E-state index is 13.1. The lowest BCUT2D eigenvalue weighted by atomic mass is 10.1. The second kappa shape index (κ2) is 8.45. The molecule has 164 valence electrons. The molecule has 2 aliphatic rings. The minimum atomic E-state index is -0.271. The number of carbonyl (C=O) groups is 2. The lowest BCUT2D eigenvalue weighted by Crippen LogP contribution is -2.50. The molecule has 3 heterocycles. The summed E-state index contributed by atoms with van der Waals surface area (Å²) in [5.74, 6) is 0.956. The van der Waals surface area contributed by atoms with E-state index in [4.69, 9.17) is 4.52 Å². The number of aryl methyl sites for hydroxylation is 1. The highest BCUT2D eigenvalue weighted by atomic mass is 16.5. The van der Waals surface area contributed by atoms with E-state index in [9.17, 15) is 9.59 Å². The zero-order valence-electron chi connectivity index (χ0n) is 18.0. The molecule has 8 nitrogen and oxygen atoms in total. The van der Waals surface area contributed by atoms with Crippen molar-refractivity contribution in [3.8, 4) is 11.4 Å². The van der Waals surface area contributed by atoms with Gasteiger partial charge in [0.15, 0.2) is 0 Å². The molecule has 1 atom stereocenters. The summed E-state index contributed by atoms with van der Waals surface area (Å²) in [5, 5.41) is 3.95. The van der Waals surface area contributed by atoms with Gasteiger partial charge in [-0.15, -0.1) is 0 Å². The molecule has 0 bridgehead atoms. The molecule has 1 aromatic heterocycles. The van der Waals surface area contributed by atoms with E-state index in [0.29, 0.717) is 31.3 Å². The van der Waals surface area contributed by atoms with E-state index in [1.54, 1.807) is 11.8 Å². The van der Waals surface area contributed by atoms with Gasteiger partial charge in [-0.3, -0.25) is 9.59 Å². The first-order valence-corrected chi connectivity index (χ1v) is 10.9. The van der Waals surface area contributed by atoms with Crippen LogP contribution < -0.4 is 9.80 Å². The van der Waals surface area contributed by atoms with Gasteiger partial charge < -0.3 is 19.2 Å². The Kier molecular flexibility index (Phi) is 5.34. The molecule has 0 N–H and O–H groups in total. The normalized spacial score (nSPS) is 19.0. The van der Waals surface area contributed by atoms with Crippen molar-refractivity contribution in [2.24, 2.45) is 5.92 Å². The Morgan fingerprint density at radius 1 is 0.969 bits per heavy atom. The van der Waals surface area contributed by atoms with Gasteiger partial charge in [0.2, 0.25) is 23.5 Å². The highest BCUT2D eigenvalue weighted by molar-refractivity contribution is 6.00. The molecule has 0 aliphatic carbocycles. The molecule has 2 amide bonds. The van der Waals surface area contributed by atoms with Crippen molar-refractivity contribution in [3.05, 3.63) is 60.5 Å². The van der Waals surface area contributed by atoms with Gasteiger partial charge in [0.1, 0.15) is 0 Å². The standard InChI is InChI=1S/C24H25N5O3/c1-17-25-23(26-32-17)18-7-9-20(10-8-18)27-11-13-28(14-12-27)24(31)19-15-22(30)29(16-19)21-5-3-2-4-6-21/h2-10,19H,11-16H2,1H3/t19-/m1/s1. The van der Waals surface area contributed by atoms with Gasteiger partial charge in [0.25, 0.3) is 0 Å². The van der Waals surface area contributed by atoms with Gasteiger partial charge >= 0.3 is 0 Å². The van der Waals surface area contributed by atoms with Crippen LogP contribution in [-0.2, 0) is 9.59 Å². The van der Waals surface area contributed by atoms with Crippen LogP contribution in [0, 0.1) is 12.8 Å². The first-order chi connectivity index (χ1) is 15.6.